The second-order valence-electron chi connectivity index (χ2n) is 3.25. The van der Waals surface area contributed by atoms with E-state index in [1.807, 2.05) is 24.3 Å². The topological polar surface area (TPSA) is 57.0 Å². The van der Waals surface area contributed by atoms with Gasteiger partial charge in [0.25, 0.3) is 0 Å². The smallest absolute Gasteiger partial charge is 0.214 e. The molecule has 2 rings (SSSR count). The van der Waals surface area contributed by atoms with Crippen molar-refractivity contribution in [3.8, 4) is 11.4 Å². The lowest BCUT2D eigenvalue weighted by atomic mass is 10.3. The summed E-state index contributed by atoms with van der Waals surface area (Å²) in [5.41, 5.74) is 0.817. The van der Waals surface area contributed by atoms with Gasteiger partial charge in [0.15, 0.2) is 6.29 Å². The second kappa shape index (κ2) is 4.14. The summed E-state index contributed by atoms with van der Waals surface area (Å²) >= 11 is 0. The molecule has 0 saturated heterocycles. The van der Waals surface area contributed by atoms with Gasteiger partial charge in [-0.05, 0) is 19.1 Å². The molecule has 0 fully saturated rings. The first kappa shape index (κ1) is 10.4. The van der Waals surface area contributed by atoms with Gasteiger partial charge in [0, 0.05) is 6.07 Å². The SMILES string of the molecule is COc1cccc(-n2nc(C=O)nc2C)c1. The van der Waals surface area contributed by atoms with Gasteiger partial charge in [0.1, 0.15) is 11.6 Å². The number of nitrogens with zero attached hydrogens (tertiary/aromatic N) is 3. The van der Waals surface area contributed by atoms with Crippen LogP contribution in [0.4, 0.5) is 0 Å². The molecule has 1 aromatic heterocycles. The lowest BCUT2D eigenvalue weighted by Gasteiger charge is -2.04. The minimum atomic E-state index is 0.181. The van der Waals surface area contributed by atoms with E-state index in [0.29, 0.717) is 12.1 Å². The largest absolute Gasteiger partial charge is 0.497 e. The van der Waals surface area contributed by atoms with Crippen LogP contribution in [0.1, 0.15) is 16.4 Å². The molecule has 0 radical (unpaired) electrons. The minimum Gasteiger partial charge on any atom is -0.497 e. The van der Waals surface area contributed by atoms with E-state index in [1.54, 1.807) is 18.7 Å². The molecule has 0 spiro atoms. The minimum absolute atomic E-state index is 0.181. The Morgan fingerprint density at radius 3 is 2.88 bits per heavy atom. The zero-order valence-corrected chi connectivity index (χ0v) is 9.04. The van der Waals surface area contributed by atoms with E-state index in [4.69, 9.17) is 4.74 Å². The van der Waals surface area contributed by atoms with E-state index in [2.05, 4.69) is 10.1 Å². The van der Waals surface area contributed by atoms with Crippen LogP contribution in [0.15, 0.2) is 24.3 Å². The van der Waals surface area contributed by atoms with Crippen molar-refractivity contribution in [2.24, 2.45) is 0 Å². The van der Waals surface area contributed by atoms with Crippen molar-refractivity contribution in [1.29, 1.82) is 0 Å². The molecule has 0 aliphatic rings. The zero-order valence-electron chi connectivity index (χ0n) is 9.04. The van der Waals surface area contributed by atoms with Gasteiger partial charge >= 0.3 is 0 Å². The molecule has 0 aliphatic carbocycles. The van der Waals surface area contributed by atoms with Crippen molar-refractivity contribution in [2.45, 2.75) is 6.92 Å². The summed E-state index contributed by atoms with van der Waals surface area (Å²) in [6, 6.07) is 7.40. The highest BCUT2D eigenvalue weighted by molar-refractivity contribution is 5.68. The summed E-state index contributed by atoms with van der Waals surface area (Å²) in [6.45, 7) is 1.79. The van der Waals surface area contributed by atoms with Gasteiger partial charge in [0.2, 0.25) is 5.82 Å². The molecule has 1 aromatic carbocycles. The van der Waals surface area contributed by atoms with Crippen molar-refractivity contribution < 1.29 is 9.53 Å². The summed E-state index contributed by atoms with van der Waals surface area (Å²) in [6.07, 6.45) is 0.629. The van der Waals surface area contributed by atoms with Crippen LogP contribution in [-0.2, 0) is 0 Å². The maximum Gasteiger partial charge on any atom is 0.214 e. The Hall–Kier alpha value is -2.17. The number of aldehydes is 1. The van der Waals surface area contributed by atoms with E-state index in [-0.39, 0.29) is 5.82 Å². The lowest BCUT2D eigenvalue weighted by Crippen LogP contribution is -1.99. The zero-order chi connectivity index (χ0) is 11.5. The Bertz CT molecular complexity index is 520. The first-order valence-electron chi connectivity index (χ1n) is 4.78. The van der Waals surface area contributed by atoms with Gasteiger partial charge < -0.3 is 4.74 Å². The Labute approximate surface area is 92.7 Å². The molecule has 0 saturated carbocycles. The van der Waals surface area contributed by atoms with E-state index in [0.717, 1.165) is 11.4 Å². The van der Waals surface area contributed by atoms with Crippen molar-refractivity contribution in [3.05, 3.63) is 35.9 Å². The highest BCUT2D eigenvalue weighted by Crippen LogP contribution is 2.16. The fourth-order valence-corrected chi connectivity index (χ4v) is 1.45. The van der Waals surface area contributed by atoms with Gasteiger partial charge in [-0.1, -0.05) is 6.07 Å². The molecule has 0 bridgehead atoms. The third kappa shape index (κ3) is 1.79. The summed E-state index contributed by atoms with van der Waals surface area (Å²) in [7, 11) is 1.60. The van der Waals surface area contributed by atoms with Crippen LogP contribution in [-0.4, -0.2) is 28.2 Å². The second-order valence-corrected chi connectivity index (χ2v) is 3.25. The Morgan fingerprint density at radius 1 is 1.44 bits per heavy atom. The maximum absolute atomic E-state index is 10.6. The van der Waals surface area contributed by atoms with Crippen LogP contribution < -0.4 is 4.74 Å². The summed E-state index contributed by atoms with van der Waals surface area (Å²) in [5.74, 6) is 1.58. The molecule has 0 unspecified atom stereocenters. The molecule has 0 atom stereocenters. The number of benzene rings is 1. The third-order valence-electron chi connectivity index (χ3n) is 2.19. The van der Waals surface area contributed by atoms with Crippen molar-refractivity contribution in [3.63, 3.8) is 0 Å². The van der Waals surface area contributed by atoms with Gasteiger partial charge in [0.05, 0.1) is 12.8 Å². The van der Waals surface area contributed by atoms with Crippen LogP contribution in [0.5, 0.6) is 5.75 Å². The van der Waals surface area contributed by atoms with Crippen LogP contribution in [0.25, 0.3) is 5.69 Å². The molecule has 0 aliphatic heterocycles. The fourth-order valence-electron chi connectivity index (χ4n) is 1.45. The summed E-state index contributed by atoms with van der Waals surface area (Å²) in [5, 5.41) is 4.06. The quantitative estimate of drug-likeness (QED) is 0.729. The normalized spacial score (nSPS) is 10.1. The number of hydrogen-bond acceptors (Lipinski definition) is 4. The molecule has 0 amide bonds. The predicted octanol–water partition coefficient (Wildman–Crippen LogP) is 1.40. The van der Waals surface area contributed by atoms with E-state index in [9.17, 15) is 4.79 Å². The fraction of sp³-hybridized carbons (Fsp3) is 0.182. The molecule has 2 aromatic rings. The molecule has 5 nitrogen and oxygen atoms in total. The number of ether oxygens (including phenoxy) is 1. The summed E-state index contributed by atoms with van der Waals surface area (Å²) < 4.78 is 6.72. The monoisotopic (exact) mass is 217 g/mol. The molecule has 1 heterocycles. The van der Waals surface area contributed by atoms with E-state index < -0.39 is 0 Å². The third-order valence-corrected chi connectivity index (χ3v) is 2.19. The average Bonchev–Trinajstić information content (AvgIpc) is 2.71. The average molecular weight is 217 g/mol. The van der Waals surface area contributed by atoms with Crippen LogP contribution >= 0.6 is 0 Å². The Morgan fingerprint density at radius 2 is 2.25 bits per heavy atom. The maximum atomic E-state index is 10.6. The molecular weight excluding hydrogens is 206 g/mol. The molecule has 16 heavy (non-hydrogen) atoms. The number of rotatable bonds is 3. The molecule has 0 N–H and O–H groups in total. The highest BCUT2D eigenvalue weighted by atomic mass is 16.5. The van der Waals surface area contributed by atoms with Crippen LogP contribution in [0.2, 0.25) is 0 Å². The van der Waals surface area contributed by atoms with Gasteiger partial charge in [-0.2, -0.15) is 0 Å². The number of hydrogen-bond donors (Lipinski definition) is 0. The van der Waals surface area contributed by atoms with Crippen molar-refractivity contribution in [2.75, 3.05) is 7.11 Å². The lowest BCUT2D eigenvalue weighted by molar-refractivity contribution is 0.111. The number of methoxy groups -OCH3 is 1. The summed E-state index contributed by atoms with van der Waals surface area (Å²) in [4.78, 5) is 14.6. The first-order chi connectivity index (χ1) is 7.74. The van der Waals surface area contributed by atoms with Crippen LogP contribution in [0, 0.1) is 6.92 Å². The first-order valence-corrected chi connectivity index (χ1v) is 4.78. The Balaban J connectivity index is 2.48. The predicted molar refractivity (Wildman–Crippen MR) is 58.0 cm³/mol. The van der Waals surface area contributed by atoms with Gasteiger partial charge in [-0.3, -0.25) is 4.79 Å². The number of carbonyl (C=O) groups is 1. The van der Waals surface area contributed by atoms with Gasteiger partial charge in [-0.15, -0.1) is 5.10 Å². The highest BCUT2D eigenvalue weighted by Gasteiger charge is 2.07. The number of carbonyl (C=O) groups excluding carboxylic acids is 1. The van der Waals surface area contributed by atoms with Crippen LogP contribution in [0.3, 0.4) is 0 Å². The van der Waals surface area contributed by atoms with Crippen molar-refractivity contribution in [1.82, 2.24) is 14.8 Å². The molecule has 82 valence electrons. The molecular formula is C11H11N3O2. The van der Waals surface area contributed by atoms with E-state index >= 15 is 0 Å². The van der Waals surface area contributed by atoms with Gasteiger partial charge in [-0.25, -0.2) is 9.67 Å². The van der Waals surface area contributed by atoms with E-state index in [1.165, 1.54) is 0 Å². The standard InChI is InChI=1S/C11H11N3O2/c1-8-12-11(7-15)13-14(8)9-4-3-5-10(6-9)16-2/h3-7H,1-2H3. The molecule has 5 heteroatoms. The van der Waals surface area contributed by atoms with Crippen molar-refractivity contribution >= 4 is 6.29 Å². The Kier molecular flexibility index (Phi) is 2.68. The number of aryl methyl sites for hydroxylation is 1. The number of aromatic nitrogens is 3.